The van der Waals surface area contributed by atoms with Crippen LogP contribution in [0.25, 0.3) is 0 Å². The molecule has 0 radical (unpaired) electrons. The molecule has 5 nitrogen and oxygen atoms in total. The first kappa shape index (κ1) is 19.0. The van der Waals surface area contributed by atoms with Gasteiger partial charge in [0.2, 0.25) is 11.1 Å². The first-order valence-corrected chi connectivity index (χ1v) is 10.2. The summed E-state index contributed by atoms with van der Waals surface area (Å²) < 4.78 is 0. The fraction of sp³-hybridized carbons (Fsp3) is 0.115. The van der Waals surface area contributed by atoms with Gasteiger partial charge in [0.1, 0.15) is 0 Å². The number of rotatable bonds is 3. The van der Waals surface area contributed by atoms with Crippen LogP contribution in [0.15, 0.2) is 94.8 Å². The molecule has 0 saturated heterocycles. The molecule has 0 spiro atoms. The van der Waals surface area contributed by atoms with Crippen LogP contribution in [0, 0.1) is 0 Å². The van der Waals surface area contributed by atoms with Crippen LogP contribution in [0.1, 0.15) is 50.0 Å². The monoisotopic (exact) mass is 408 g/mol. The van der Waals surface area contributed by atoms with E-state index in [1.165, 1.54) is 0 Å². The summed E-state index contributed by atoms with van der Waals surface area (Å²) in [4.78, 5) is 43.0. The number of fused-ring (bicyclic) bond motifs is 2. The molecule has 0 fully saturated rings. The van der Waals surface area contributed by atoms with E-state index in [-0.39, 0.29) is 28.7 Å². The summed E-state index contributed by atoms with van der Waals surface area (Å²) in [6, 6.07) is 22.2. The lowest BCUT2D eigenvalue weighted by Gasteiger charge is -2.28. The van der Waals surface area contributed by atoms with Gasteiger partial charge >= 0.3 is 0 Å². The van der Waals surface area contributed by atoms with Crippen molar-refractivity contribution in [1.82, 2.24) is 9.97 Å². The van der Waals surface area contributed by atoms with E-state index in [2.05, 4.69) is 9.97 Å². The summed E-state index contributed by atoms with van der Waals surface area (Å²) in [7, 11) is 0. The molecule has 1 aliphatic rings. The Morgan fingerprint density at radius 1 is 0.677 bits per heavy atom. The van der Waals surface area contributed by atoms with Gasteiger partial charge in [0.05, 0.1) is 0 Å². The summed E-state index contributed by atoms with van der Waals surface area (Å²) in [5.41, 5.74) is 4.50. The third-order valence-corrected chi connectivity index (χ3v) is 6.00. The van der Waals surface area contributed by atoms with Crippen molar-refractivity contribution in [3.05, 3.63) is 139 Å². The zero-order valence-corrected chi connectivity index (χ0v) is 16.7. The molecule has 5 rings (SSSR count). The maximum absolute atomic E-state index is 13.5. The van der Waals surface area contributed by atoms with Crippen LogP contribution in [0.4, 0.5) is 0 Å². The molecule has 1 aliphatic carbocycles. The molecular weight excluding hydrogens is 388 g/mol. The van der Waals surface area contributed by atoms with E-state index >= 15 is 0 Å². The summed E-state index contributed by atoms with van der Waals surface area (Å²) in [5, 5.41) is 0. The Kier molecular flexibility index (Phi) is 4.71. The number of benzene rings is 2. The highest BCUT2D eigenvalue weighted by atomic mass is 16.1. The lowest BCUT2D eigenvalue weighted by molar-refractivity contribution is 0.103. The molecule has 2 heterocycles. The van der Waals surface area contributed by atoms with Crippen molar-refractivity contribution in [3.63, 3.8) is 0 Å². The van der Waals surface area contributed by atoms with Crippen molar-refractivity contribution in [2.45, 2.75) is 18.3 Å². The van der Waals surface area contributed by atoms with Crippen molar-refractivity contribution in [3.8, 4) is 0 Å². The Bertz CT molecular complexity index is 1400. The average Bonchev–Trinajstić information content (AvgIpc) is 2.88. The molecule has 2 unspecified atom stereocenters. The number of pyridine rings is 2. The van der Waals surface area contributed by atoms with E-state index in [9.17, 15) is 14.4 Å². The largest absolute Gasteiger partial charge is 0.329 e. The van der Waals surface area contributed by atoms with E-state index in [0.717, 1.165) is 22.3 Å². The van der Waals surface area contributed by atoms with Gasteiger partial charge in [-0.05, 0) is 46.7 Å². The predicted octanol–water partition coefficient (Wildman–Crippen LogP) is 3.77. The van der Waals surface area contributed by atoms with Gasteiger partial charge in [-0.2, -0.15) is 0 Å². The standard InChI is InChI=1S/C26H20N2O3/c29-23-14-16(9-11-27-23)13-22-18-5-1-3-7-20(18)26(31)21-8-4-2-6-19(21)25(22)17-10-12-28-24(30)15-17/h1-12,14-15,22,25H,13H2,(H,27,29)(H,28,30). The molecule has 0 amide bonds. The molecule has 0 aliphatic heterocycles. The van der Waals surface area contributed by atoms with Crippen LogP contribution in [-0.2, 0) is 6.42 Å². The first-order chi connectivity index (χ1) is 15.1. The van der Waals surface area contributed by atoms with Crippen molar-refractivity contribution < 1.29 is 4.79 Å². The molecule has 152 valence electrons. The number of carbonyl (C=O) groups is 1. The summed E-state index contributed by atoms with van der Waals surface area (Å²) in [5.74, 6) is -0.368. The number of carbonyl (C=O) groups excluding carboxylic acids is 1. The second kappa shape index (κ2) is 7.69. The minimum Gasteiger partial charge on any atom is -0.329 e. The van der Waals surface area contributed by atoms with Crippen LogP contribution in [0.5, 0.6) is 0 Å². The van der Waals surface area contributed by atoms with Gasteiger partial charge in [-0.25, -0.2) is 0 Å². The fourth-order valence-electron chi connectivity index (χ4n) is 4.71. The van der Waals surface area contributed by atoms with Gasteiger partial charge in [0.25, 0.3) is 0 Å². The highest BCUT2D eigenvalue weighted by Gasteiger charge is 2.35. The second-order valence-corrected chi connectivity index (χ2v) is 7.84. The number of hydrogen-bond donors (Lipinski definition) is 2. The Labute approximate surface area is 178 Å². The number of H-pyrrole nitrogens is 2. The van der Waals surface area contributed by atoms with Crippen LogP contribution in [-0.4, -0.2) is 15.8 Å². The molecule has 0 saturated carbocycles. The van der Waals surface area contributed by atoms with Gasteiger partial charge < -0.3 is 9.97 Å². The zero-order valence-electron chi connectivity index (χ0n) is 16.7. The molecule has 5 heteroatoms. The minimum absolute atomic E-state index is 0.0190. The Morgan fingerprint density at radius 3 is 2.00 bits per heavy atom. The Hall–Kier alpha value is -3.99. The number of hydrogen-bond acceptors (Lipinski definition) is 3. The number of nitrogens with one attached hydrogen (secondary N) is 2. The van der Waals surface area contributed by atoms with Gasteiger partial charge in [0.15, 0.2) is 5.78 Å². The summed E-state index contributed by atoms with van der Waals surface area (Å²) in [6.45, 7) is 0. The zero-order chi connectivity index (χ0) is 21.4. The Morgan fingerprint density at radius 2 is 1.29 bits per heavy atom. The van der Waals surface area contributed by atoms with E-state index < -0.39 is 0 Å². The predicted molar refractivity (Wildman–Crippen MR) is 119 cm³/mol. The highest BCUT2D eigenvalue weighted by molar-refractivity contribution is 6.11. The highest BCUT2D eigenvalue weighted by Crippen LogP contribution is 2.45. The molecule has 2 aromatic heterocycles. The van der Waals surface area contributed by atoms with Crippen molar-refractivity contribution in [2.75, 3.05) is 0 Å². The molecule has 2 N–H and O–H groups in total. The molecule has 0 bridgehead atoms. The number of aromatic amines is 2. The van der Waals surface area contributed by atoms with Gasteiger partial charge in [0, 0.05) is 41.6 Å². The molecule has 2 atom stereocenters. The van der Waals surface area contributed by atoms with Crippen LogP contribution < -0.4 is 11.1 Å². The van der Waals surface area contributed by atoms with Crippen molar-refractivity contribution >= 4 is 5.78 Å². The quantitative estimate of drug-likeness (QED) is 0.541. The van der Waals surface area contributed by atoms with Gasteiger partial charge in [-0.1, -0.05) is 48.5 Å². The van der Waals surface area contributed by atoms with Gasteiger partial charge in [-0.3, -0.25) is 14.4 Å². The molecule has 2 aromatic carbocycles. The second-order valence-electron chi connectivity index (χ2n) is 7.84. The smallest absolute Gasteiger partial charge is 0.248 e. The Balaban J connectivity index is 1.80. The maximum atomic E-state index is 13.5. The minimum atomic E-state index is -0.217. The summed E-state index contributed by atoms with van der Waals surface area (Å²) in [6.07, 6.45) is 3.84. The van der Waals surface area contributed by atoms with Crippen molar-refractivity contribution in [1.29, 1.82) is 0 Å². The van der Waals surface area contributed by atoms with Crippen LogP contribution in [0.3, 0.4) is 0 Å². The lowest BCUT2D eigenvalue weighted by Crippen LogP contribution is -2.18. The molecular formula is C26H20N2O3. The fourth-order valence-corrected chi connectivity index (χ4v) is 4.71. The molecule has 31 heavy (non-hydrogen) atoms. The molecule has 4 aromatic rings. The third kappa shape index (κ3) is 3.44. The van der Waals surface area contributed by atoms with Crippen LogP contribution >= 0.6 is 0 Å². The van der Waals surface area contributed by atoms with E-state index in [4.69, 9.17) is 0 Å². The average molecular weight is 408 g/mol. The first-order valence-electron chi connectivity index (χ1n) is 10.2. The number of ketones is 1. The lowest BCUT2D eigenvalue weighted by atomic mass is 9.74. The SMILES string of the molecule is O=C1c2ccccc2C(Cc2cc[nH]c(=O)c2)C(c2cc[nH]c(=O)c2)c2ccccc21. The maximum Gasteiger partial charge on any atom is 0.248 e. The third-order valence-electron chi connectivity index (χ3n) is 6.00. The van der Waals surface area contributed by atoms with E-state index in [0.29, 0.717) is 17.5 Å². The normalized spacial score (nSPS) is 17.5. The van der Waals surface area contributed by atoms with E-state index in [1.807, 2.05) is 60.7 Å². The van der Waals surface area contributed by atoms with Crippen LogP contribution in [0.2, 0.25) is 0 Å². The van der Waals surface area contributed by atoms with E-state index in [1.54, 1.807) is 24.5 Å². The number of aromatic nitrogens is 2. The van der Waals surface area contributed by atoms with Crippen molar-refractivity contribution in [2.24, 2.45) is 0 Å². The van der Waals surface area contributed by atoms with Gasteiger partial charge in [-0.15, -0.1) is 0 Å². The summed E-state index contributed by atoms with van der Waals surface area (Å²) >= 11 is 0. The topological polar surface area (TPSA) is 82.8 Å².